The number of aromatic nitrogens is 1. The van der Waals surface area contributed by atoms with Gasteiger partial charge in [-0.2, -0.15) is 0 Å². The van der Waals surface area contributed by atoms with Gasteiger partial charge < -0.3 is 14.5 Å². The molecule has 7 heteroatoms. The Bertz CT molecular complexity index is 1190. The molecule has 1 heterocycles. The first-order chi connectivity index (χ1) is 15.3. The minimum Gasteiger partial charge on any atom is -0.465 e. The minimum absolute atomic E-state index is 0.0654. The Hall–Kier alpha value is -4.00. The molecule has 1 atom stereocenters. The van der Waals surface area contributed by atoms with E-state index in [4.69, 9.17) is 9.47 Å². The summed E-state index contributed by atoms with van der Waals surface area (Å²) in [6.07, 6.45) is -1.15. The van der Waals surface area contributed by atoms with E-state index in [1.165, 1.54) is 20.1 Å². The molecular formula is C25H23NO6. The Labute approximate surface area is 185 Å². The fraction of sp³-hybridized carbons (Fsp3) is 0.200. The van der Waals surface area contributed by atoms with Crippen molar-refractivity contribution in [3.63, 3.8) is 0 Å². The smallest absolute Gasteiger partial charge is 0.339 e. The zero-order valence-electron chi connectivity index (χ0n) is 18.2. The standard InChI is InChI=1S/C25H23NO6/c1-14-20(25(30)31-4)15(2)26-21(14)22(27)16(3)32-24(29)19-13-9-8-12-18(19)23(28)17-10-6-5-7-11-17/h5-13,16,26H,1-4H3. The topological polar surface area (TPSA) is 103 Å². The molecule has 32 heavy (non-hydrogen) atoms. The average Bonchev–Trinajstić information content (AvgIpc) is 3.11. The third-order valence-electron chi connectivity index (χ3n) is 5.15. The summed E-state index contributed by atoms with van der Waals surface area (Å²) < 4.78 is 10.2. The monoisotopic (exact) mass is 433 g/mol. The first kappa shape index (κ1) is 22.7. The number of Topliss-reactive ketones (excluding diaryl/α,β-unsaturated/α-hetero) is 1. The van der Waals surface area contributed by atoms with Crippen LogP contribution in [0.5, 0.6) is 0 Å². The van der Waals surface area contributed by atoms with E-state index in [1.807, 2.05) is 0 Å². The number of carbonyl (C=O) groups excluding carboxylic acids is 4. The lowest BCUT2D eigenvalue weighted by Gasteiger charge is -2.14. The van der Waals surface area contributed by atoms with E-state index in [1.54, 1.807) is 62.4 Å². The molecule has 1 aromatic heterocycles. The van der Waals surface area contributed by atoms with Crippen LogP contribution in [0.25, 0.3) is 0 Å². The van der Waals surface area contributed by atoms with Gasteiger partial charge in [-0.15, -0.1) is 0 Å². The molecule has 1 N–H and O–H groups in total. The highest BCUT2D eigenvalue weighted by atomic mass is 16.5. The van der Waals surface area contributed by atoms with E-state index in [0.717, 1.165) is 0 Å². The molecule has 0 amide bonds. The minimum atomic E-state index is -1.15. The highest BCUT2D eigenvalue weighted by Gasteiger charge is 2.28. The molecule has 0 bridgehead atoms. The predicted molar refractivity (Wildman–Crippen MR) is 117 cm³/mol. The number of H-pyrrole nitrogens is 1. The molecule has 0 aliphatic rings. The van der Waals surface area contributed by atoms with Crippen LogP contribution < -0.4 is 0 Å². The number of hydrogen-bond donors (Lipinski definition) is 1. The molecule has 0 fully saturated rings. The van der Waals surface area contributed by atoms with Gasteiger partial charge in [0.05, 0.1) is 23.9 Å². The summed E-state index contributed by atoms with van der Waals surface area (Å²) in [5, 5.41) is 0. The van der Waals surface area contributed by atoms with Crippen LogP contribution in [0.15, 0.2) is 54.6 Å². The van der Waals surface area contributed by atoms with Gasteiger partial charge in [0, 0.05) is 16.8 Å². The Morgan fingerprint density at radius 2 is 1.44 bits per heavy atom. The van der Waals surface area contributed by atoms with Gasteiger partial charge in [0.25, 0.3) is 0 Å². The van der Waals surface area contributed by atoms with Crippen LogP contribution in [0.1, 0.15) is 65.3 Å². The van der Waals surface area contributed by atoms with Crippen LogP contribution in [-0.2, 0) is 9.47 Å². The third-order valence-corrected chi connectivity index (χ3v) is 5.15. The summed E-state index contributed by atoms with van der Waals surface area (Å²) in [5.41, 5.74) is 2.02. The number of ether oxygens (including phenoxy) is 2. The summed E-state index contributed by atoms with van der Waals surface area (Å²) in [4.78, 5) is 53.5. The zero-order valence-corrected chi connectivity index (χ0v) is 18.2. The Morgan fingerprint density at radius 3 is 2.06 bits per heavy atom. The molecule has 7 nitrogen and oxygen atoms in total. The van der Waals surface area contributed by atoms with Gasteiger partial charge in [-0.1, -0.05) is 48.5 Å². The fourth-order valence-electron chi connectivity index (χ4n) is 3.49. The molecule has 3 aromatic rings. The molecule has 3 rings (SSSR count). The van der Waals surface area contributed by atoms with Crippen LogP contribution in [0.2, 0.25) is 0 Å². The second kappa shape index (κ2) is 9.43. The highest BCUT2D eigenvalue weighted by Crippen LogP contribution is 2.22. The molecule has 2 aromatic carbocycles. The highest BCUT2D eigenvalue weighted by molar-refractivity contribution is 6.14. The summed E-state index contributed by atoms with van der Waals surface area (Å²) in [7, 11) is 1.26. The van der Waals surface area contributed by atoms with Crippen molar-refractivity contribution < 1.29 is 28.7 Å². The van der Waals surface area contributed by atoms with Gasteiger partial charge in [0.1, 0.15) is 0 Å². The largest absolute Gasteiger partial charge is 0.465 e. The van der Waals surface area contributed by atoms with Gasteiger partial charge >= 0.3 is 11.9 Å². The van der Waals surface area contributed by atoms with Crippen LogP contribution >= 0.6 is 0 Å². The van der Waals surface area contributed by atoms with Crippen molar-refractivity contribution in [2.45, 2.75) is 26.9 Å². The maximum absolute atomic E-state index is 12.9. The maximum Gasteiger partial charge on any atom is 0.339 e. The SMILES string of the molecule is COC(=O)c1c(C)[nH]c(C(=O)C(C)OC(=O)c2ccccc2C(=O)c2ccccc2)c1C. The van der Waals surface area contributed by atoms with Gasteiger partial charge in [0.15, 0.2) is 11.9 Å². The van der Waals surface area contributed by atoms with Crippen molar-refractivity contribution in [3.05, 3.63) is 93.8 Å². The summed E-state index contributed by atoms with van der Waals surface area (Å²) in [5.74, 6) is -2.18. The van der Waals surface area contributed by atoms with Crippen molar-refractivity contribution in [3.8, 4) is 0 Å². The molecule has 0 saturated carbocycles. The number of methoxy groups -OCH3 is 1. The van der Waals surface area contributed by atoms with Crippen molar-refractivity contribution in [1.82, 2.24) is 4.98 Å². The predicted octanol–water partition coefficient (Wildman–Crippen LogP) is 4.08. The lowest BCUT2D eigenvalue weighted by Crippen LogP contribution is -2.26. The first-order valence-electron chi connectivity index (χ1n) is 9.97. The number of esters is 2. The van der Waals surface area contributed by atoms with E-state index >= 15 is 0 Å². The van der Waals surface area contributed by atoms with Crippen molar-refractivity contribution in [2.75, 3.05) is 7.11 Å². The Kier molecular flexibility index (Phi) is 6.68. The summed E-state index contributed by atoms with van der Waals surface area (Å²) in [6.45, 7) is 4.71. The van der Waals surface area contributed by atoms with E-state index in [9.17, 15) is 19.2 Å². The molecule has 0 radical (unpaired) electrons. The van der Waals surface area contributed by atoms with Gasteiger partial charge in [-0.3, -0.25) is 9.59 Å². The van der Waals surface area contributed by atoms with E-state index < -0.39 is 23.8 Å². The number of hydrogen-bond acceptors (Lipinski definition) is 6. The van der Waals surface area contributed by atoms with E-state index in [-0.39, 0.29) is 28.2 Å². The Morgan fingerprint density at radius 1 is 0.844 bits per heavy atom. The molecular weight excluding hydrogens is 410 g/mol. The molecule has 0 spiro atoms. The van der Waals surface area contributed by atoms with Gasteiger partial charge in [-0.25, -0.2) is 9.59 Å². The lowest BCUT2D eigenvalue weighted by atomic mass is 9.98. The van der Waals surface area contributed by atoms with Crippen LogP contribution in [0.4, 0.5) is 0 Å². The van der Waals surface area contributed by atoms with E-state index in [0.29, 0.717) is 16.8 Å². The zero-order chi connectivity index (χ0) is 23.4. The molecule has 1 unspecified atom stereocenters. The van der Waals surface area contributed by atoms with Gasteiger partial charge in [-0.05, 0) is 32.4 Å². The maximum atomic E-state index is 12.9. The number of benzene rings is 2. The average molecular weight is 433 g/mol. The number of carbonyl (C=O) groups is 4. The van der Waals surface area contributed by atoms with Gasteiger partial charge in [0.2, 0.25) is 5.78 Å². The molecule has 0 aliphatic heterocycles. The van der Waals surface area contributed by atoms with Crippen LogP contribution in [0, 0.1) is 13.8 Å². The lowest BCUT2D eigenvalue weighted by molar-refractivity contribution is 0.0315. The van der Waals surface area contributed by atoms with Crippen molar-refractivity contribution in [2.24, 2.45) is 0 Å². The third kappa shape index (κ3) is 4.37. The number of aromatic amines is 1. The number of rotatable bonds is 7. The fourth-order valence-corrected chi connectivity index (χ4v) is 3.49. The second-order valence-electron chi connectivity index (χ2n) is 7.27. The molecule has 0 saturated heterocycles. The van der Waals surface area contributed by atoms with Crippen LogP contribution in [-0.4, -0.2) is 41.7 Å². The number of nitrogens with one attached hydrogen (secondary N) is 1. The van der Waals surface area contributed by atoms with E-state index in [2.05, 4.69) is 4.98 Å². The second-order valence-corrected chi connectivity index (χ2v) is 7.27. The van der Waals surface area contributed by atoms with Crippen molar-refractivity contribution in [1.29, 1.82) is 0 Å². The number of ketones is 2. The first-order valence-corrected chi connectivity index (χ1v) is 9.97. The number of aryl methyl sites for hydroxylation is 1. The summed E-state index contributed by atoms with van der Waals surface area (Å²) >= 11 is 0. The normalized spacial score (nSPS) is 11.5. The molecule has 164 valence electrons. The Balaban J connectivity index is 1.84. The molecule has 0 aliphatic carbocycles. The van der Waals surface area contributed by atoms with Crippen molar-refractivity contribution >= 4 is 23.5 Å². The summed E-state index contributed by atoms with van der Waals surface area (Å²) in [6, 6.07) is 14.9. The quantitative estimate of drug-likeness (QED) is 0.445. The van der Waals surface area contributed by atoms with Crippen LogP contribution in [0.3, 0.4) is 0 Å².